The van der Waals surface area contributed by atoms with Crippen LogP contribution in [-0.4, -0.2) is 24.4 Å². The van der Waals surface area contributed by atoms with E-state index in [9.17, 15) is 14.4 Å². The van der Waals surface area contributed by atoms with Crippen molar-refractivity contribution in [2.45, 2.75) is 13.8 Å². The van der Waals surface area contributed by atoms with Crippen LogP contribution in [0.1, 0.15) is 38.1 Å². The van der Waals surface area contributed by atoms with E-state index in [4.69, 9.17) is 10.5 Å². The first-order valence-corrected chi connectivity index (χ1v) is 8.40. The quantitative estimate of drug-likeness (QED) is 0.612. The molecule has 0 aliphatic carbocycles. The topological polar surface area (TPSA) is 98.5 Å². The summed E-state index contributed by atoms with van der Waals surface area (Å²) >= 11 is 0.957. The van der Waals surface area contributed by atoms with Crippen LogP contribution in [0.5, 0.6) is 0 Å². The smallest absolute Gasteiger partial charge is 0.341 e. The van der Waals surface area contributed by atoms with Gasteiger partial charge in [-0.2, -0.15) is 0 Å². The van der Waals surface area contributed by atoms with Crippen LogP contribution in [0.15, 0.2) is 36.4 Å². The molecule has 0 aliphatic heterocycles. The van der Waals surface area contributed by atoms with Gasteiger partial charge >= 0.3 is 5.97 Å². The van der Waals surface area contributed by atoms with Crippen LogP contribution in [0, 0.1) is 6.92 Å². The Labute approximate surface area is 149 Å². The second kappa shape index (κ2) is 8.25. The summed E-state index contributed by atoms with van der Waals surface area (Å²) in [5.74, 6) is -1.69. The van der Waals surface area contributed by atoms with Crippen LogP contribution in [-0.2, 0) is 9.53 Å². The van der Waals surface area contributed by atoms with Crippen LogP contribution in [0.4, 0.5) is 5.00 Å². The van der Waals surface area contributed by atoms with E-state index >= 15 is 0 Å². The number of nitrogens with one attached hydrogen (secondary N) is 1. The van der Waals surface area contributed by atoms with Gasteiger partial charge in [0.25, 0.3) is 5.91 Å². The minimum atomic E-state index is -0.659. The monoisotopic (exact) mass is 358 g/mol. The minimum absolute atomic E-state index is 0.155. The number of thiophene rings is 1. The van der Waals surface area contributed by atoms with Gasteiger partial charge in [0.15, 0.2) is 0 Å². The van der Waals surface area contributed by atoms with Gasteiger partial charge in [-0.25, -0.2) is 4.79 Å². The molecule has 0 spiro atoms. The molecule has 2 aromatic rings. The Bertz CT molecular complexity index is 825. The van der Waals surface area contributed by atoms with Crippen molar-refractivity contribution in [2.24, 2.45) is 5.73 Å². The largest absolute Gasteiger partial charge is 0.462 e. The van der Waals surface area contributed by atoms with Crippen molar-refractivity contribution < 1.29 is 19.1 Å². The molecular weight excluding hydrogens is 340 g/mol. The fraction of sp³-hybridized carbons (Fsp3) is 0.167. The lowest BCUT2D eigenvalue weighted by atomic mass is 10.1. The van der Waals surface area contributed by atoms with Gasteiger partial charge < -0.3 is 15.8 Å². The first-order chi connectivity index (χ1) is 11.9. The number of hydrogen-bond donors (Lipinski definition) is 2. The van der Waals surface area contributed by atoms with Crippen molar-refractivity contribution in [3.8, 4) is 0 Å². The highest BCUT2D eigenvalue weighted by Gasteiger charge is 2.25. The predicted molar refractivity (Wildman–Crippen MR) is 97.6 cm³/mol. The molecule has 25 heavy (non-hydrogen) atoms. The van der Waals surface area contributed by atoms with Crippen molar-refractivity contribution in [1.29, 1.82) is 0 Å². The van der Waals surface area contributed by atoms with E-state index in [1.54, 1.807) is 19.9 Å². The van der Waals surface area contributed by atoms with E-state index in [2.05, 4.69) is 5.32 Å². The molecule has 0 saturated carbocycles. The zero-order chi connectivity index (χ0) is 18.4. The summed E-state index contributed by atoms with van der Waals surface area (Å²) in [5, 5.41) is 2.86. The van der Waals surface area contributed by atoms with E-state index in [0.717, 1.165) is 16.9 Å². The molecule has 0 aliphatic rings. The van der Waals surface area contributed by atoms with Gasteiger partial charge in [-0.3, -0.25) is 9.59 Å². The molecule has 130 valence electrons. The highest BCUT2D eigenvalue weighted by Crippen LogP contribution is 2.33. The number of carbonyl (C=O) groups is 3. The third-order valence-corrected chi connectivity index (χ3v) is 4.54. The predicted octanol–water partition coefficient (Wildman–Crippen LogP) is 2.98. The number of anilines is 1. The molecule has 1 aromatic heterocycles. The van der Waals surface area contributed by atoms with Crippen LogP contribution in [0.3, 0.4) is 0 Å². The molecule has 6 nitrogen and oxygen atoms in total. The number of nitrogens with two attached hydrogens (primary N) is 1. The Morgan fingerprint density at radius 2 is 1.92 bits per heavy atom. The second-order valence-electron chi connectivity index (χ2n) is 5.08. The maximum atomic E-state index is 12.1. The fourth-order valence-corrected chi connectivity index (χ4v) is 3.23. The van der Waals surface area contributed by atoms with E-state index in [0.29, 0.717) is 5.56 Å². The van der Waals surface area contributed by atoms with Crippen LogP contribution >= 0.6 is 11.3 Å². The molecule has 0 saturated heterocycles. The summed E-state index contributed by atoms with van der Waals surface area (Å²) in [6.45, 7) is 3.45. The second-order valence-corrected chi connectivity index (χ2v) is 6.10. The van der Waals surface area contributed by atoms with Gasteiger partial charge in [0.05, 0.1) is 17.0 Å². The zero-order valence-electron chi connectivity index (χ0n) is 13.9. The fourth-order valence-electron chi connectivity index (χ4n) is 2.18. The van der Waals surface area contributed by atoms with E-state index in [1.807, 2.05) is 30.3 Å². The molecule has 3 N–H and O–H groups in total. The van der Waals surface area contributed by atoms with Gasteiger partial charge in [0.1, 0.15) is 5.00 Å². The Kier molecular flexibility index (Phi) is 6.08. The van der Waals surface area contributed by atoms with Gasteiger partial charge in [0.2, 0.25) is 5.91 Å². The number of esters is 1. The van der Waals surface area contributed by atoms with Crippen molar-refractivity contribution >= 4 is 40.2 Å². The normalized spacial score (nSPS) is 10.6. The molecular formula is C18H18N2O4S. The van der Waals surface area contributed by atoms with Crippen LogP contribution < -0.4 is 11.1 Å². The van der Waals surface area contributed by atoms with Gasteiger partial charge in [0, 0.05) is 6.08 Å². The zero-order valence-corrected chi connectivity index (χ0v) is 14.7. The summed E-state index contributed by atoms with van der Waals surface area (Å²) < 4.78 is 5.00. The first-order valence-electron chi connectivity index (χ1n) is 7.58. The number of carbonyl (C=O) groups excluding carboxylic acids is 3. The number of primary amides is 1. The van der Waals surface area contributed by atoms with Gasteiger partial charge in [-0.15, -0.1) is 11.3 Å². The van der Waals surface area contributed by atoms with Crippen molar-refractivity contribution in [2.75, 3.05) is 11.9 Å². The first kappa shape index (κ1) is 18.4. The molecule has 1 aromatic carbocycles. The van der Waals surface area contributed by atoms with Crippen molar-refractivity contribution in [1.82, 2.24) is 0 Å². The Morgan fingerprint density at radius 3 is 2.52 bits per heavy atom. The molecule has 7 heteroatoms. The number of ether oxygens (including phenoxy) is 1. The summed E-state index contributed by atoms with van der Waals surface area (Å²) in [7, 11) is 0. The maximum absolute atomic E-state index is 12.1. The molecule has 0 bridgehead atoms. The molecule has 0 radical (unpaired) electrons. The highest BCUT2D eigenvalue weighted by atomic mass is 32.1. The molecule has 0 fully saturated rings. The third-order valence-electron chi connectivity index (χ3n) is 3.31. The Balaban J connectivity index is 2.27. The van der Waals surface area contributed by atoms with Crippen molar-refractivity contribution in [3.63, 3.8) is 0 Å². The summed E-state index contributed by atoms with van der Waals surface area (Å²) in [6, 6.07) is 9.31. The van der Waals surface area contributed by atoms with Gasteiger partial charge in [-0.05, 0) is 31.1 Å². The lowest BCUT2D eigenvalue weighted by molar-refractivity contribution is -0.111. The molecule has 0 atom stereocenters. The molecule has 1 heterocycles. The number of benzene rings is 1. The molecule has 2 rings (SSSR count). The van der Waals surface area contributed by atoms with E-state index < -0.39 is 17.8 Å². The lowest BCUT2D eigenvalue weighted by Gasteiger charge is -2.05. The average molecular weight is 358 g/mol. The Morgan fingerprint density at radius 1 is 1.24 bits per heavy atom. The summed E-state index contributed by atoms with van der Waals surface area (Å²) in [5.41, 5.74) is 6.75. The van der Waals surface area contributed by atoms with Crippen LogP contribution in [0.25, 0.3) is 6.08 Å². The SMILES string of the molecule is CCOC(=O)c1c(NC(=O)/C=C/c2ccccc2)sc(C(N)=O)c1C. The minimum Gasteiger partial charge on any atom is -0.462 e. The molecule has 2 amide bonds. The highest BCUT2D eigenvalue weighted by molar-refractivity contribution is 7.18. The number of rotatable bonds is 6. The van der Waals surface area contributed by atoms with E-state index in [-0.39, 0.29) is 22.0 Å². The number of hydrogen-bond acceptors (Lipinski definition) is 5. The lowest BCUT2D eigenvalue weighted by Crippen LogP contribution is -2.13. The maximum Gasteiger partial charge on any atom is 0.341 e. The van der Waals surface area contributed by atoms with Crippen molar-refractivity contribution in [3.05, 3.63) is 58.0 Å². The van der Waals surface area contributed by atoms with E-state index in [1.165, 1.54) is 6.08 Å². The van der Waals surface area contributed by atoms with Gasteiger partial charge in [-0.1, -0.05) is 30.3 Å². The molecule has 0 unspecified atom stereocenters. The average Bonchev–Trinajstić information content (AvgIpc) is 2.90. The van der Waals surface area contributed by atoms with Crippen LogP contribution in [0.2, 0.25) is 0 Å². The number of amides is 2. The Hall–Kier alpha value is -2.93. The summed E-state index contributed by atoms with van der Waals surface area (Å²) in [4.78, 5) is 36.0. The standard InChI is InChI=1S/C18H18N2O4S/c1-3-24-18(23)14-11(2)15(16(19)22)25-17(14)20-13(21)10-9-12-7-5-4-6-8-12/h4-10H,3H2,1-2H3,(H2,19,22)(H,20,21)/b10-9+. The summed E-state index contributed by atoms with van der Waals surface area (Å²) in [6.07, 6.45) is 3.00. The third kappa shape index (κ3) is 4.54.